The maximum atomic E-state index is 5.91. The first-order chi connectivity index (χ1) is 9.99. The zero-order valence-corrected chi connectivity index (χ0v) is 14.0. The highest BCUT2D eigenvalue weighted by Crippen LogP contribution is 2.33. The van der Waals surface area contributed by atoms with E-state index in [4.69, 9.17) is 4.74 Å². The van der Waals surface area contributed by atoms with Crippen molar-refractivity contribution in [2.24, 2.45) is 4.99 Å². The summed E-state index contributed by atoms with van der Waals surface area (Å²) in [4.78, 5) is 6.57. The number of hydrogen-bond donors (Lipinski definition) is 0. The topological polar surface area (TPSA) is 37.7 Å². The van der Waals surface area contributed by atoms with Crippen LogP contribution in [-0.2, 0) is 0 Å². The molecule has 5 heteroatoms. The van der Waals surface area contributed by atoms with Crippen LogP contribution in [0.15, 0.2) is 23.2 Å². The zero-order valence-electron chi connectivity index (χ0n) is 13.2. The third kappa shape index (κ3) is 4.04. The maximum Gasteiger partial charge on any atom is 0.200 e. The molecule has 0 bridgehead atoms. The predicted octanol–water partition coefficient (Wildman–Crippen LogP) is 4.47. The van der Waals surface area contributed by atoms with Gasteiger partial charge in [0, 0.05) is 31.2 Å². The van der Waals surface area contributed by atoms with E-state index in [1.807, 2.05) is 51.2 Å². The monoisotopic (exact) mass is 303 g/mol. The molecule has 21 heavy (non-hydrogen) atoms. The molecule has 1 aromatic carbocycles. The van der Waals surface area contributed by atoms with Crippen molar-refractivity contribution in [2.75, 3.05) is 13.6 Å². The van der Waals surface area contributed by atoms with Gasteiger partial charge in [-0.25, -0.2) is 4.99 Å². The molecule has 112 valence electrons. The van der Waals surface area contributed by atoms with Crippen molar-refractivity contribution in [1.29, 1.82) is 0 Å². The van der Waals surface area contributed by atoms with Gasteiger partial charge < -0.3 is 9.64 Å². The number of aryl methyl sites for hydroxylation is 3. The van der Waals surface area contributed by atoms with Gasteiger partial charge in [-0.3, -0.25) is 0 Å². The molecule has 0 aliphatic heterocycles. The van der Waals surface area contributed by atoms with Gasteiger partial charge in [0.15, 0.2) is 5.06 Å². The lowest BCUT2D eigenvalue weighted by Crippen LogP contribution is -2.14. The van der Waals surface area contributed by atoms with Crippen molar-refractivity contribution >= 4 is 23.6 Å². The molecule has 2 rings (SSSR count). The van der Waals surface area contributed by atoms with Crippen LogP contribution in [-0.4, -0.2) is 29.2 Å². The molecule has 0 atom stereocenters. The Morgan fingerprint density at radius 3 is 2.62 bits per heavy atom. The van der Waals surface area contributed by atoms with Crippen LogP contribution in [0.3, 0.4) is 0 Å². The van der Waals surface area contributed by atoms with Crippen molar-refractivity contribution in [1.82, 2.24) is 9.27 Å². The van der Waals surface area contributed by atoms with Crippen LogP contribution < -0.4 is 4.74 Å². The Morgan fingerprint density at radius 1 is 1.24 bits per heavy atom. The van der Waals surface area contributed by atoms with Crippen LogP contribution in [0.25, 0.3) is 0 Å². The van der Waals surface area contributed by atoms with Gasteiger partial charge in [-0.1, -0.05) is 0 Å². The SMILES string of the molecule is CCN(C)/C=N\c1cc(C)c(Oc2cc(C)ns2)cc1C. The summed E-state index contributed by atoms with van der Waals surface area (Å²) in [6, 6.07) is 6.03. The molecule has 0 spiro atoms. The molecular weight excluding hydrogens is 282 g/mol. The Labute approximate surface area is 130 Å². The van der Waals surface area contributed by atoms with Crippen molar-refractivity contribution in [3.8, 4) is 10.8 Å². The average Bonchev–Trinajstić information content (AvgIpc) is 2.86. The van der Waals surface area contributed by atoms with Crippen molar-refractivity contribution in [3.05, 3.63) is 35.0 Å². The van der Waals surface area contributed by atoms with Crippen LogP contribution in [0.1, 0.15) is 23.7 Å². The van der Waals surface area contributed by atoms with Crippen molar-refractivity contribution in [2.45, 2.75) is 27.7 Å². The van der Waals surface area contributed by atoms with Crippen LogP contribution in [0.5, 0.6) is 10.8 Å². The highest BCUT2D eigenvalue weighted by atomic mass is 32.1. The normalized spacial score (nSPS) is 11.1. The molecule has 0 saturated heterocycles. The molecule has 0 fully saturated rings. The summed E-state index contributed by atoms with van der Waals surface area (Å²) in [5.41, 5.74) is 4.12. The summed E-state index contributed by atoms with van der Waals surface area (Å²) in [6.45, 7) is 9.07. The number of nitrogens with zero attached hydrogens (tertiary/aromatic N) is 3. The van der Waals surface area contributed by atoms with Gasteiger partial charge in [0.05, 0.1) is 17.7 Å². The number of aliphatic imine (C=N–C) groups is 1. The van der Waals surface area contributed by atoms with E-state index in [0.717, 1.165) is 39.9 Å². The molecule has 4 nitrogen and oxygen atoms in total. The highest BCUT2D eigenvalue weighted by Gasteiger charge is 2.08. The molecule has 2 aromatic rings. The van der Waals surface area contributed by atoms with E-state index in [1.165, 1.54) is 11.5 Å². The quantitative estimate of drug-likeness (QED) is 0.604. The van der Waals surface area contributed by atoms with E-state index >= 15 is 0 Å². The molecule has 0 unspecified atom stereocenters. The maximum absolute atomic E-state index is 5.91. The van der Waals surface area contributed by atoms with Crippen LogP contribution >= 0.6 is 11.5 Å². The zero-order chi connectivity index (χ0) is 15.4. The molecule has 0 aliphatic rings. The first kappa shape index (κ1) is 15.5. The summed E-state index contributed by atoms with van der Waals surface area (Å²) in [6.07, 6.45) is 1.86. The Morgan fingerprint density at radius 2 is 2.00 bits per heavy atom. The van der Waals surface area contributed by atoms with Crippen LogP contribution in [0, 0.1) is 20.8 Å². The lowest BCUT2D eigenvalue weighted by atomic mass is 10.1. The first-order valence-corrected chi connectivity index (χ1v) is 7.73. The van der Waals surface area contributed by atoms with E-state index in [9.17, 15) is 0 Å². The minimum atomic E-state index is 0.817. The lowest BCUT2D eigenvalue weighted by molar-refractivity contribution is 0.492. The first-order valence-electron chi connectivity index (χ1n) is 6.96. The summed E-state index contributed by atoms with van der Waals surface area (Å²) < 4.78 is 10.1. The predicted molar refractivity (Wildman–Crippen MR) is 89.3 cm³/mol. The molecular formula is C16H21N3OS. The molecule has 0 aliphatic carbocycles. The summed E-state index contributed by atoms with van der Waals surface area (Å²) in [5.74, 6) is 0.860. The van der Waals surface area contributed by atoms with E-state index in [-0.39, 0.29) is 0 Å². The molecule has 0 saturated carbocycles. The number of hydrogen-bond acceptors (Lipinski definition) is 4. The Balaban J connectivity index is 2.22. The number of ether oxygens (including phenoxy) is 1. The minimum absolute atomic E-state index is 0.817. The lowest BCUT2D eigenvalue weighted by Gasteiger charge is -2.11. The largest absolute Gasteiger partial charge is 0.445 e. The van der Waals surface area contributed by atoms with Crippen molar-refractivity contribution < 1.29 is 4.74 Å². The van der Waals surface area contributed by atoms with E-state index in [2.05, 4.69) is 22.4 Å². The second-order valence-electron chi connectivity index (χ2n) is 5.11. The van der Waals surface area contributed by atoms with Crippen molar-refractivity contribution in [3.63, 3.8) is 0 Å². The molecule has 0 N–H and O–H groups in total. The Bertz CT molecular complexity index is 649. The molecule has 0 radical (unpaired) electrons. The van der Waals surface area contributed by atoms with E-state index in [1.54, 1.807) is 0 Å². The van der Waals surface area contributed by atoms with Gasteiger partial charge in [0.1, 0.15) is 5.75 Å². The third-order valence-corrected chi connectivity index (χ3v) is 3.96. The number of benzene rings is 1. The standard InChI is InChI=1S/C16H21N3OS/c1-6-19(5)10-17-14-7-12(3)15(8-11(14)2)20-16-9-13(4)18-21-16/h7-10H,6H2,1-5H3/b17-10-. The van der Waals surface area contributed by atoms with Gasteiger partial charge in [-0.2, -0.15) is 4.37 Å². The fourth-order valence-corrected chi connectivity index (χ4v) is 2.40. The number of rotatable bonds is 5. The summed E-state index contributed by atoms with van der Waals surface area (Å²) >= 11 is 1.37. The van der Waals surface area contributed by atoms with Gasteiger partial charge in [-0.05, 0) is 51.0 Å². The molecule has 1 heterocycles. The van der Waals surface area contributed by atoms with E-state index in [0.29, 0.717) is 0 Å². The smallest absolute Gasteiger partial charge is 0.200 e. The summed E-state index contributed by atoms with van der Waals surface area (Å²) in [7, 11) is 2.01. The van der Waals surface area contributed by atoms with Gasteiger partial charge >= 0.3 is 0 Å². The second-order valence-corrected chi connectivity index (χ2v) is 5.88. The van der Waals surface area contributed by atoms with Gasteiger partial charge in [0.2, 0.25) is 0 Å². The third-order valence-electron chi connectivity index (χ3n) is 3.20. The van der Waals surface area contributed by atoms with Gasteiger partial charge in [0.25, 0.3) is 0 Å². The highest BCUT2D eigenvalue weighted by molar-refractivity contribution is 7.07. The molecule has 1 aromatic heterocycles. The van der Waals surface area contributed by atoms with Gasteiger partial charge in [-0.15, -0.1) is 0 Å². The summed E-state index contributed by atoms with van der Waals surface area (Å²) in [5, 5.41) is 0.817. The van der Waals surface area contributed by atoms with Crippen LogP contribution in [0.4, 0.5) is 5.69 Å². The minimum Gasteiger partial charge on any atom is -0.445 e. The fraction of sp³-hybridized carbons (Fsp3) is 0.375. The Kier molecular flexibility index (Phi) is 4.96. The Hall–Kier alpha value is -1.88. The fourth-order valence-electron chi connectivity index (χ4n) is 1.76. The molecule has 0 amide bonds. The second kappa shape index (κ2) is 6.72. The van der Waals surface area contributed by atoms with Crippen LogP contribution in [0.2, 0.25) is 0 Å². The number of aromatic nitrogens is 1. The average molecular weight is 303 g/mol. The van der Waals surface area contributed by atoms with E-state index < -0.39 is 0 Å².